The Kier molecular flexibility index (Phi) is 5.74. The van der Waals surface area contributed by atoms with Crippen molar-refractivity contribution in [3.8, 4) is 5.69 Å². The topological polar surface area (TPSA) is 80.0 Å². The van der Waals surface area contributed by atoms with E-state index in [0.29, 0.717) is 23.7 Å². The first-order valence-electron chi connectivity index (χ1n) is 7.53. The molecule has 0 saturated carbocycles. The first-order chi connectivity index (χ1) is 10.9. The summed E-state index contributed by atoms with van der Waals surface area (Å²) >= 11 is 5.98. The van der Waals surface area contributed by atoms with Gasteiger partial charge >= 0.3 is 0 Å². The van der Waals surface area contributed by atoms with E-state index in [0.717, 1.165) is 5.69 Å². The SMILES string of the molecule is Cc1c(C(=O)NCC(C)CC(C)O)nnn1-c1cccc(Cl)c1. The highest BCUT2D eigenvalue weighted by Gasteiger charge is 2.18. The van der Waals surface area contributed by atoms with E-state index in [4.69, 9.17) is 11.6 Å². The van der Waals surface area contributed by atoms with Crippen LogP contribution in [-0.2, 0) is 0 Å². The second-order valence-electron chi connectivity index (χ2n) is 5.82. The number of hydrogen-bond acceptors (Lipinski definition) is 4. The van der Waals surface area contributed by atoms with Crippen molar-refractivity contribution in [2.45, 2.75) is 33.3 Å². The molecule has 23 heavy (non-hydrogen) atoms. The Morgan fingerprint density at radius 3 is 2.83 bits per heavy atom. The third kappa shape index (κ3) is 4.53. The summed E-state index contributed by atoms with van der Waals surface area (Å²) in [7, 11) is 0. The largest absolute Gasteiger partial charge is 0.393 e. The van der Waals surface area contributed by atoms with E-state index in [-0.39, 0.29) is 23.6 Å². The highest BCUT2D eigenvalue weighted by molar-refractivity contribution is 6.30. The highest BCUT2D eigenvalue weighted by Crippen LogP contribution is 2.16. The van der Waals surface area contributed by atoms with E-state index >= 15 is 0 Å². The predicted molar refractivity (Wildman–Crippen MR) is 88.9 cm³/mol. The van der Waals surface area contributed by atoms with E-state index < -0.39 is 0 Å². The Labute approximate surface area is 140 Å². The van der Waals surface area contributed by atoms with Crippen molar-refractivity contribution in [1.29, 1.82) is 0 Å². The van der Waals surface area contributed by atoms with Crippen LogP contribution in [0.15, 0.2) is 24.3 Å². The monoisotopic (exact) mass is 336 g/mol. The summed E-state index contributed by atoms with van der Waals surface area (Å²) in [5.74, 6) is -0.0875. The Hall–Kier alpha value is -1.92. The maximum atomic E-state index is 12.3. The molecule has 1 aromatic carbocycles. The molecule has 2 unspecified atom stereocenters. The molecule has 0 spiro atoms. The molecule has 0 aliphatic carbocycles. The molecule has 2 rings (SSSR count). The molecule has 2 aromatic rings. The fraction of sp³-hybridized carbons (Fsp3) is 0.438. The standard InChI is InChI=1S/C16H21ClN4O2/c1-10(7-11(2)22)9-18-16(23)15-12(3)21(20-19-15)14-6-4-5-13(17)8-14/h4-6,8,10-11,22H,7,9H2,1-3H3,(H,18,23). The zero-order valence-electron chi connectivity index (χ0n) is 13.5. The quantitative estimate of drug-likeness (QED) is 0.848. The van der Waals surface area contributed by atoms with Crippen LogP contribution in [-0.4, -0.2) is 38.7 Å². The molecule has 124 valence electrons. The lowest BCUT2D eigenvalue weighted by Crippen LogP contribution is -2.30. The van der Waals surface area contributed by atoms with Crippen LogP contribution in [0.1, 0.15) is 36.5 Å². The minimum atomic E-state index is -0.382. The molecular formula is C16H21ClN4O2. The number of carbonyl (C=O) groups is 1. The minimum Gasteiger partial charge on any atom is -0.393 e. The fourth-order valence-corrected chi connectivity index (χ4v) is 2.59. The van der Waals surface area contributed by atoms with Gasteiger partial charge in [-0.1, -0.05) is 29.8 Å². The van der Waals surface area contributed by atoms with Crippen molar-refractivity contribution in [2.75, 3.05) is 6.54 Å². The number of hydrogen-bond donors (Lipinski definition) is 2. The molecule has 0 fully saturated rings. The van der Waals surface area contributed by atoms with Gasteiger partial charge < -0.3 is 10.4 Å². The summed E-state index contributed by atoms with van der Waals surface area (Å²) in [6.45, 7) is 5.98. The van der Waals surface area contributed by atoms with Gasteiger partial charge in [-0.25, -0.2) is 4.68 Å². The number of aliphatic hydroxyl groups is 1. The smallest absolute Gasteiger partial charge is 0.273 e. The van der Waals surface area contributed by atoms with E-state index in [9.17, 15) is 9.90 Å². The molecule has 0 bridgehead atoms. The van der Waals surface area contributed by atoms with Crippen molar-refractivity contribution in [1.82, 2.24) is 20.3 Å². The van der Waals surface area contributed by atoms with Gasteiger partial charge in [0.05, 0.1) is 17.5 Å². The molecule has 1 heterocycles. The number of rotatable bonds is 6. The van der Waals surface area contributed by atoms with Gasteiger partial charge in [-0.05, 0) is 44.4 Å². The van der Waals surface area contributed by atoms with E-state index in [1.807, 2.05) is 19.1 Å². The first-order valence-corrected chi connectivity index (χ1v) is 7.90. The molecule has 0 saturated heterocycles. The number of aliphatic hydroxyl groups excluding tert-OH is 1. The second kappa shape index (κ2) is 7.57. The summed E-state index contributed by atoms with van der Waals surface area (Å²) in [6, 6.07) is 7.19. The lowest BCUT2D eigenvalue weighted by atomic mass is 10.0. The molecule has 0 aliphatic heterocycles. The second-order valence-corrected chi connectivity index (χ2v) is 6.25. The summed E-state index contributed by atoms with van der Waals surface area (Å²) in [6.07, 6.45) is 0.251. The zero-order valence-corrected chi connectivity index (χ0v) is 14.2. The van der Waals surface area contributed by atoms with E-state index in [2.05, 4.69) is 15.6 Å². The van der Waals surface area contributed by atoms with Gasteiger partial charge in [-0.15, -0.1) is 5.10 Å². The maximum absolute atomic E-state index is 12.3. The molecule has 2 N–H and O–H groups in total. The van der Waals surface area contributed by atoms with Crippen molar-refractivity contribution in [2.24, 2.45) is 5.92 Å². The van der Waals surface area contributed by atoms with Crippen LogP contribution in [0.4, 0.5) is 0 Å². The van der Waals surface area contributed by atoms with Crippen molar-refractivity contribution < 1.29 is 9.90 Å². The van der Waals surface area contributed by atoms with Crippen molar-refractivity contribution >= 4 is 17.5 Å². The van der Waals surface area contributed by atoms with E-state index in [1.165, 1.54) is 0 Å². The molecular weight excluding hydrogens is 316 g/mol. The average molecular weight is 337 g/mol. The van der Waals surface area contributed by atoms with Crippen LogP contribution in [0, 0.1) is 12.8 Å². The third-order valence-corrected chi connectivity index (χ3v) is 3.75. The summed E-state index contributed by atoms with van der Waals surface area (Å²) < 4.78 is 1.58. The molecule has 0 radical (unpaired) electrons. The molecule has 7 heteroatoms. The predicted octanol–water partition coefficient (Wildman–Crippen LogP) is 2.37. The number of nitrogens with one attached hydrogen (secondary N) is 1. The number of aromatic nitrogens is 3. The molecule has 1 aromatic heterocycles. The lowest BCUT2D eigenvalue weighted by Gasteiger charge is -2.13. The van der Waals surface area contributed by atoms with Crippen LogP contribution in [0.2, 0.25) is 5.02 Å². The lowest BCUT2D eigenvalue weighted by molar-refractivity contribution is 0.0933. The van der Waals surface area contributed by atoms with Crippen molar-refractivity contribution in [3.05, 3.63) is 40.7 Å². The third-order valence-electron chi connectivity index (χ3n) is 3.52. The van der Waals surface area contributed by atoms with Crippen molar-refractivity contribution in [3.63, 3.8) is 0 Å². The summed E-state index contributed by atoms with van der Waals surface area (Å²) in [5, 5.41) is 20.8. The molecule has 6 nitrogen and oxygen atoms in total. The number of nitrogens with zero attached hydrogens (tertiary/aromatic N) is 3. The van der Waals surface area contributed by atoms with Crippen LogP contribution in [0.5, 0.6) is 0 Å². The van der Waals surface area contributed by atoms with Gasteiger partial charge in [0, 0.05) is 11.6 Å². The molecule has 2 atom stereocenters. The number of amides is 1. The van der Waals surface area contributed by atoms with E-state index in [1.54, 1.807) is 30.7 Å². The van der Waals surface area contributed by atoms with Gasteiger partial charge in [0.2, 0.25) is 0 Å². The minimum absolute atomic E-state index is 0.183. The number of halogens is 1. The molecule has 1 amide bonds. The Morgan fingerprint density at radius 2 is 2.17 bits per heavy atom. The average Bonchev–Trinajstić information content (AvgIpc) is 2.86. The van der Waals surface area contributed by atoms with Crippen LogP contribution in [0.3, 0.4) is 0 Å². The highest BCUT2D eigenvalue weighted by atomic mass is 35.5. The van der Waals surface area contributed by atoms with Gasteiger partial charge in [0.15, 0.2) is 5.69 Å². The number of carbonyl (C=O) groups excluding carboxylic acids is 1. The van der Waals surface area contributed by atoms with Crippen LogP contribution >= 0.6 is 11.6 Å². The first kappa shape index (κ1) is 17.4. The van der Waals surface area contributed by atoms with Gasteiger partial charge in [-0.3, -0.25) is 4.79 Å². The maximum Gasteiger partial charge on any atom is 0.273 e. The Bertz CT molecular complexity index is 684. The fourth-order valence-electron chi connectivity index (χ4n) is 2.41. The normalized spacial score (nSPS) is 13.6. The molecule has 0 aliphatic rings. The summed E-state index contributed by atoms with van der Waals surface area (Å²) in [4.78, 5) is 12.3. The van der Waals surface area contributed by atoms with Crippen LogP contribution < -0.4 is 5.32 Å². The van der Waals surface area contributed by atoms with Crippen LogP contribution in [0.25, 0.3) is 5.69 Å². The summed E-state index contributed by atoms with van der Waals surface area (Å²) in [5.41, 5.74) is 1.69. The van der Waals surface area contributed by atoms with Gasteiger partial charge in [-0.2, -0.15) is 0 Å². The van der Waals surface area contributed by atoms with Gasteiger partial charge in [0.25, 0.3) is 5.91 Å². The Morgan fingerprint density at radius 1 is 1.43 bits per heavy atom. The Balaban J connectivity index is 2.08. The zero-order chi connectivity index (χ0) is 17.0. The van der Waals surface area contributed by atoms with Gasteiger partial charge in [0.1, 0.15) is 0 Å². The number of benzene rings is 1.